The van der Waals surface area contributed by atoms with Crippen LogP contribution in [0.4, 0.5) is 0 Å². The van der Waals surface area contributed by atoms with Crippen LogP contribution in [0.3, 0.4) is 0 Å². The molecule has 5 heteroatoms. The van der Waals surface area contributed by atoms with Crippen LogP contribution in [0.5, 0.6) is 0 Å². The molecule has 1 amide bonds. The number of aromatic nitrogens is 2. The van der Waals surface area contributed by atoms with Gasteiger partial charge in [-0.25, -0.2) is 0 Å². The average Bonchev–Trinajstić information content (AvgIpc) is 3.16. The van der Waals surface area contributed by atoms with E-state index < -0.39 is 0 Å². The van der Waals surface area contributed by atoms with E-state index in [-0.39, 0.29) is 5.91 Å². The predicted molar refractivity (Wildman–Crippen MR) is 79.5 cm³/mol. The maximum absolute atomic E-state index is 12.2. The van der Waals surface area contributed by atoms with Crippen LogP contribution >= 0.6 is 0 Å². The van der Waals surface area contributed by atoms with E-state index in [0.29, 0.717) is 11.7 Å². The van der Waals surface area contributed by atoms with Gasteiger partial charge in [0.05, 0.1) is 12.0 Å². The van der Waals surface area contributed by atoms with Crippen molar-refractivity contribution < 1.29 is 9.21 Å². The highest BCUT2D eigenvalue weighted by Gasteiger charge is 2.25. The SMILES string of the molecule is Cn1ccc(C2CCCN(C(=O)/C=C/c3ccco3)C2)n1. The van der Waals surface area contributed by atoms with Crippen LogP contribution in [0, 0.1) is 0 Å². The van der Waals surface area contributed by atoms with E-state index in [9.17, 15) is 4.79 Å². The quantitative estimate of drug-likeness (QED) is 0.814. The Morgan fingerprint density at radius 2 is 2.38 bits per heavy atom. The predicted octanol–water partition coefficient (Wildman–Crippen LogP) is 2.43. The van der Waals surface area contributed by atoms with Gasteiger partial charge in [-0.05, 0) is 37.1 Å². The monoisotopic (exact) mass is 285 g/mol. The van der Waals surface area contributed by atoms with E-state index in [0.717, 1.165) is 31.6 Å². The van der Waals surface area contributed by atoms with Crippen LogP contribution in [0.2, 0.25) is 0 Å². The number of hydrogen-bond donors (Lipinski definition) is 0. The van der Waals surface area contributed by atoms with Gasteiger partial charge < -0.3 is 9.32 Å². The number of likely N-dealkylation sites (tertiary alicyclic amines) is 1. The lowest BCUT2D eigenvalue weighted by Crippen LogP contribution is -2.38. The number of rotatable bonds is 3. The Morgan fingerprint density at radius 3 is 3.10 bits per heavy atom. The molecule has 0 spiro atoms. The third kappa shape index (κ3) is 3.24. The summed E-state index contributed by atoms with van der Waals surface area (Å²) in [6, 6.07) is 5.68. The molecule has 21 heavy (non-hydrogen) atoms. The van der Waals surface area contributed by atoms with Gasteiger partial charge in [0.15, 0.2) is 0 Å². The van der Waals surface area contributed by atoms with Crippen LogP contribution in [-0.4, -0.2) is 33.7 Å². The van der Waals surface area contributed by atoms with Crippen molar-refractivity contribution in [3.63, 3.8) is 0 Å². The highest BCUT2D eigenvalue weighted by atomic mass is 16.3. The van der Waals surface area contributed by atoms with Gasteiger partial charge >= 0.3 is 0 Å². The molecule has 1 aliphatic heterocycles. The van der Waals surface area contributed by atoms with Crippen molar-refractivity contribution in [1.29, 1.82) is 0 Å². The molecule has 1 saturated heterocycles. The number of hydrogen-bond acceptors (Lipinski definition) is 3. The molecule has 110 valence electrons. The van der Waals surface area contributed by atoms with E-state index in [1.54, 1.807) is 18.4 Å². The highest BCUT2D eigenvalue weighted by molar-refractivity contribution is 5.91. The van der Waals surface area contributed by atoms with Gasteiger partial charge in [0.1, 0.15) is 5.76 Å². The second kappa shape index (κ2) is 5.99. The fraction of sp³-hybridized carbons (Fsp3) is 0.375. The zero-order chi connectivity index (χ0) is 14.7. The molecule has 1 atom stereocenters. The third-order valence-electron chi connectivity index (χ3n) is 3.82. The Hall–Kier alpha value is -2.30. The van der Waals surface area contributed by atoms with E-state index >= 15 is 0 Å². The second-order valence-corrected chi connectivity index (χ2v) is 5.39. The van der Waals surface area contributed by atoms with Crippen LogP contribution in [-0.2, 0) is 11.8 Å². The lowest BCUT2D eigenvalue weighted by molar-refractivity contribution is -0.127. The van der Waals surface area contributed by atoms with Crippen molar-refractivity contribution in [2.75, 3.05) is 13.1 Å². The molecule has 2 aromatic heterocycles. The molecule has 1 unspecified atom stereocenters. The summed E-state index contributed by atoms with van der Waals surface area (Å²) < 4.78 is 7.01. The summed E-state index contributed by atoms with van der Waals surface area (Å²) >= 11 is 0. The Bertz CT molecular complexity index is 628. The van der Waals surface area contributed by atoms with Crippen molar-refractivity contribution in [1.82, 2.24) is 14.7 Å². The first-order valence-corrected chi connectivity index (χ1v) is 7.22. The molecule has 0 aromatic carbocycles. The highest BCUT2D eigenvalue weighted by Crippen LogP contribution is 2.25. The van der Waals surface area contributed by atoms with E-state index in [4.69, 9.17) is 4.42 Å². The standard InChI is InChI=1S/C16H19N3O2/c1-18-10-8-15(17-18)13-4-2-9-19(12-13)16(20)7-6-14-5-3-11-21-14/h3,5-8,10-11,13H,2,4,9,12H2,1H3/b7-6+. The number of aryl methyl sites for hydroxylation is 1. The average molecular weight is 285 g/mol. The summed E-state index contributed by atoms with van der Waals surface area (Å²) in [5, 5.41) is 4.46. The molecule has 3 rings (SSSR count). The molecule has 1 fully saturated rings. The maximum atomic E-state index is 12.2. The number of carbonyl (C=O) groups is 1. The Morgan fingerprint density at radius 1 is 1.48 bits per heavy atom. The summed E-state index contributed by atoms with van der Waals surface area (Å²) in [5.41, 5.74) is 1.07. The zero-order valence-corrected chi connectivity index (χ0v) is 12.1. The van der Waals surface area contributed by atoms with Crippen molar-refractivity contribution in [3.8, 4) is 0 Å². The maximum Gasteiger partial charge on any atom is 0.246 e. The first-order chi connectivity index (χ1) is 10.2. The molecule has 3 heterocycles. The van der Waals surface area contributed by atoms with Gasteiger partial charge in [0.2, 0.25) is 5.91 Å². The molecule has 1 aliphatic rings. The van der Waals surface area contributed by atoms with Crippen LogP contribution in [0.15, 0.2) is 41.2 Å². The van der Waals surface area contributed by atoms with Gasteiger partial charge in [-0.2, -0.15) is 5.10 Å². The van der Waals surface area contributed by atoms with Gasteiger partial charge in [0.25, 0.3) is 0 Å². The Labute approximate surface area is 123 Å². The molecule has 0 bridgehead atoms. The number of nitrogens with zero attached hydrogens (tertiary/aromatic N) is 3. The van der Waals surface area contributed by atoms with Crippen molar-refractivity contribution in [2.45, 2.75) is 18.8 Å². The first-order valence-electron chi connectivity index (χ1n) is 7.22. The summed E-state index contributed by atoms with van der Waals surface area (Å²) in [7, 11) is 1.92. The molecule has 0 aliphatic carbocycles. The second-order valence-electron chi connectivity index (χ2n) is 5.39. The van der Waals surface area contributed by atoms with Gasteiger partial charge in [-0.3, -0.25) is 9.48 Å². The first kappa shape index (κ1) is 13.7. The number of piperidine rings is 1. The van der Waals surface area contributed by atoms with Crippen LogP contribution in [0.25, 0.3) is 6.08 Å². The van der Waals surface area contributed by atoms with Crippen molar-refractivity contribution in [2.24, 2.45) is 7.05 Å². The fourth-order valence-corrected chi connectivity index (χ4v) is 2.71. The lowest BCUT2D eigenvalue weighted by Gasteiger charge is -2.31. The van der Waals surface area contributed by atoms with Crippen molar-refractivity contribution in [3.05, 3.63) is 48.2 Å². The fourth-order valence-electron chi connectivity index (χ4n) is 2.71. The van der Waals surface area contributed by atoms with Crippen molar-refractivity contribution >= 4 is 12.0 Å². The van der Waals surface area contributed by atoms with Gasteiger partial charge in [-0.15, -0.1) is 0 Å². The molecule has 0 radical (unpaired) electrons. The van der Waals surface area contributed by atoms with Crippen LogP contribution in [0.1, 0.15) is 30.2 Å². The molecular formula is C16H19N3O2. The third-order valence-corrected chi connectivity index (χ3v) is 3.82. The lowest BCUT2D eigenvalue weighted by atomic mass is 9.95. The summed E-state index contributed by atoms with van der Waals surface area (Å²) in [6.45, 7) is 1.54. The van der Waals surface area contributed by atoms with Crippen LogP contribution < -0.4 is 0 Å². The smallest absolute Gasteiger partial charge is 0.246 e. The summed E-state index contributed by atoms with van der Waals surface area (Å²) in [5.74, 6) is 1.06. The largest absolute Gasteiger partial charge is 0.465 e. The minimum Gasteiger partial charge on any atom is -0.465 e. The van der Waals surface area contributed by atoms with Gasteiger partial charge in [-0.1, -0.05) is 0 Å². The minimum atomic E-state index is 0.0343. The summed E-state index contributed by atoms with van der Waals surface area (Å²) in [6.07, 6.45) is 8.95. The summed E-state index contributed by atoms with van der Waals surface area (Å²) in [4.78, 5) is 14.1. The topological polar surface area (TPSA) is 51.3 Å². The van der Waals surface area contributed by atoms with E-state index in [2.05, 4.69) is 5.10 Å². The number of furan rings is 1. The van der Waals surface area contributed by atoms with E-state index in [1.165, 1.54) is 0 Å². The molecular weight excluding hydrogens is 266 g/mol. The normalized spacial score (nSPS) is 19.3. The van der Waals surface area contributed by atoms with E-state index in [1.807, 2.05) is 41.0 Å². The Kier molecular flexibility index (Phi) is 3.90. The number of amides is 1. The molecule has 5 nitrogen and oxygen atoms in total. The number of carbonyl (C=O) groups excluding carboxylic acids is 1. The minimum absolute atomic E-state index is 0.0343. The molecule has 2 aromatic rings. The van der Waals surface area contributed by atoms with Gasteiger partial charge in [0, 0.05) is 38.3 Å². The Balaban J connectivity index is 1.64. The zero-order valence-electron chi connectivity index (χ0n) is 12.1. The molecule has 0 saturated carbocycles. The molecule has 0 N–H and O–H groups in total.